The van der Waals surface area contributed by atoms with Crippen molar-refractivity contribution in [2.75, 3.05) is 57.4 Å². The van der Waals surface area contributed by atoms with Crippen molar-refractivity contribution < 1.29 is 60.1 Å². The first-order valence-electron chi connectivity index (χ1n) is 27.3. The van der Waals surface area contributed by atoms with Crippen LogP contribution in [0.25, 0.3) is 44.1 Å². The summed E-state index contributed by atoms with van der Waals surface area (Å²) in [6.45, 7) is 7.13. The van der Waals surface area contributed by atoms with E-state index >= 15 is 13.2 Å². The molecular weight excluding hydrogens is 1070 g/mol. The summed E-state index contributed by atoms with van der Waals surface area (Å²) in [6, 6.07) is 12.7. The lowest BCUT2D eigenvalue weighted by Crippen LogP contribution is -2.51. The Morgan fingerprint density at radius 2 is 1.65 bits per heavy atom. The smallest absolute Gasteiger partial charge is 0.319 e. The van der Waals surface area contributed by atoms with Gasteiger partial charge in [0, 0.05) is 93.1 Å². The number of rotatable bonds is 16. The minimum atomic E-state index is -1.75. The molecule has 7 aromatic rings. The number of hydrogen-bond donors (Lipinski definition) is 4. The number of carbonyl (C=O) groups excluding carboxylic acids is 2. The Labute approximate surface area is 467 Å². The molecule has 4 aliphatic rings. The maximum atomic E-state index is 17.1. The normalized spacial score (nSPS) is 20.6. The Kier molecular flexibility index (Phi) is 15.5. The number of amides is 2. The standard InChI is InChI=1S/C60H59F6N9O7/c1-5-41-44(62)13-10-35-20-39(76)23-42(51(35)41)54-53(65)55-43(26-67-54)56(74-27-37-11-12-38(28-74)69-37)71-59(70-55)80-19-18-73-16-14-60(66,15-17-73)30-81-49-25-48(82-72-49)50(31(2)3)58(79)75-29-40(77)24-47(75)57(78)68-32(4)33-6-8-34(9-7-33)52-45(63)21-36(61)22-46(52)64/h1,6-10,13,20-23,25-26,31-32,37-38,40,47,50,69,76-77H,11-12,14-19,24,27-30H2,2-4H3,(H,68,78)/t32-,37?,38?,40+,47-,50+/m0/s1. The zero-order chi connectivity index (χ0) is 57.7. The minimum absolute atomic E-state index is 0.0363. The number of terminal acetylenes is 1. The number of benzene rings is 4. The van der Waals surface area contributed by atoms with Gasteiger partial charge in [-0.25, -0.2) is 26.3 Å². The van der Waals surface area contributed by atoms with E-state index in [9.17, 15) is 33.0 Å². The number of phenolic OH excluding ortho intramolecular Hbond substituents is 1. The molecule has 4 aromatic carbocycles. The van der Waals surface area contributed by atoms with E-state index in [1.165, 1.54) is 53.6 Å². The number of nitrogens with zero attached hydrogens (tertiary/aromatic N) is 7. The van der Waals surface area contributed by atoms with E-state index in [-0.39, 0.29) is 114 Å². The SMILES string of the molecule is C#Cc1c(F)ccc2cc(O)cc(-c3ncc4c(N5CC6CCC(C5)N6)nc(OCCN5CCC(F)(COc6cc([C@H](C(=O)N7C[C@H](O)C[C@H]7C(=O)N[C@@H](C)c7ccc(-c8c(F)cc(F)cc8F)cc7)C(C)C)on6)CC5)nc4c3F)c12. The maximum Gasteiger partial charge on any atom is 0.319 e. The molecule has 16 nitrogen and oxygen atoms in total. The molecule has 2 amide bonds. The van der Waals surface area contributed by atoms with Crippen LogP contribution in [0.5, 0.6) is 17.6 Å². The van der Waals surface area contributed by atoms with Crippen LogP contribution in [0.3, 0.4) is 0 Å². The number of hydrogen-bond acceptors (Lipinski definition) is 14. The van der Waals surface area contributed by atoms with Crippen molar-refractivity contribution in [1.29, 1.82) is 0 Å². The third kappa shape index (κ3) is 11.2. The van der Waals surface area contributed by atoms with E-state index in [0.29, 0.717) is 67.0 Å². The second-order valence-electron chi connectivity index (χ2n) is 22.1. The quantitative estimate of drug-likeness (QED) is 0.0531. The van der Waals surface area contributed by atoms with Gasteiger partial charge < -0.3 is 44.6 Å². The van der Waals surface area contributed by atoms with Crippen molar-refractivity contribution in [3.05, 3.63) is 119 Å². The number of pyridine rings is 1. The summed E-state index contributed by atoms with van der Waals surface area (Å²) >= 11 is 0. The molecule has 0 aliphatic carbocycles. The third-order valence-electron chi connectivity index (χ3n) is 16.2. The molecule has 2 bridgehead atoms. The van der Waals surface area contributed by atoms with Crippen LogP contribution in [-0.2, 0) is 9.59 Å². The number of aromatic nitrogens is 4. The fourth-order valence-electron chi connectivity index (χ4n) is 11.9. The summed E-state index contributed by atoms with van der Waals surface area (Å²) in [5.41, 5.74) is -1.69. The summed E-state index contributed by atoms with van der Waals surface area (Å²) < 4.78 is 109. The summed E-state index contributed by atoms with van der Waals surface area (Å²) in [6.07, 6.45) is 8.33. The highest BCUT2D eigenvalue weighted by Gasteiger charge is 2.44. The van der Waals surface area contributed by atoms with E-state index in [4.69, 9.17) is 25.4 Å². The van der Waals surface area contributed by atoms with Gasteiger partial charge in [0.05, 0.1) is 28.7 Å². The second-order valence-corrected chi connectivity index (χ2v) is 22.1. The molecule has 4 fully saturated rings. The lowest BCUT2D eigenvalue weighted by Gasteiger charge is -2.35. The summed E-state index contributed by atoms with van der Waals surface area (Å²) in [4.78, 5) is 47.3. The zero-order valence-electron chi connectivity index (χ0n) is 45.1. The zero-order valence-corrected chi connectivity index (χ0v) is 45.1. The van der Waals surface area contributed by atoms with Crippen LogP contribution in [0.2, 0.25) is 0 Å². The first-order chi connectivity index (χ1) is 39.3. The number of phenols is 1. The number of carbonyl (C=O) groups is 2. The monoisotopic (exact) mass is 1130 g/mol. The molecule has 0 saturated carbocycles. The highest BCUT2D eigenvalue weighted by molar-refractivity contribution is 6.03. The van der Waals surface area contributed by atoms with Gasteiger partial charge >= 0.3 is 6.01 Å². The largest absolute Gasteiger partial charge is 0.508 e. The van der Waals surface area contributed by atoms with Crippen molar-refractivity contribution in [3.8, 4) is 52.4 Å². The molecule has 82 heavy (non-hydrogen) atoms. The number of anilines is 1. The number of likely N-dealkylation sites (tertiary alicyclic amines) is 2. The molecule has 0 spiro atoms. The van der Waals surface area contributed by atoms with Crippen molar-refractivity contribution in [2.45, 2.75) is 94.7 Å². The molecule has 3 aromatic heterocycles. The van der Waals surface area contributed by atoms with Crippen LogP contribution in [0.1, 0.15) is 81.7 Å². The number of ether oxygens (including phenoxy) is 2. The lowest BCUT2D eigenvalue weighted by atomic mass is 9.91. The van der Waals surface area contributed by atoms with E-state index in [1.54, 1.807) is 32.9 Å². The van der Waals surface area contributed by atoms with Crippen LogP contribution < -0.4 is 25.0 Å². The molecule has 2 unspecified atom stereocenters. The average Bonchev–Trinajstić information content (AvgIpc) is 3.84. The molecule has 7 heterocycles. The lowest BCUT2D eigenvalue weighted by molar-refractivity contribution is -0.141. The first kappa shape index (κ1) is 55.9. The van der Waals surface area contributed by atoms with Crippen LogP contribution in [0.15, 0.2) is 77.4 Å². The van der Waals surface area contributed by atoms with Crippen molar-refractivity contribution in [2.24, 2.45) is 5.92 Å². The van der Waals surface area contributed by atoms with Gasteiger partial charge in [0.1, 0.15) is 76.9 Å². The van der Waals surface area contributed by atoms with Gasteiger partial charge in [-0.2, -0.15) is 9.97 Å². The van der Waals surface area contributed by atoms with Gasteiger partial charge in [0.15, 0.2) is 11.6 Å². The summed E-state index contributed by atoms with van der Waals surface area (Å²) in [5, 5.41) is 32.8. The van der Waals surface area contributed by atoms with Gasteiger partial charge in [-0.05, 0) is 78.4 Å². The maximum absolute atomic E-state index is 17.1. The topological polar surface area (TPSA) is 192 Å². The number of aliphatic hydroxyl groups is 1. The van der Waals surface area contributed by atoms with E-state index in [0.717, 1.165) is 12.8 Å². The number of β-amino-alcohol motifs (C(OH)–C–C–N with tert-alkyl or cyclic N) is 1. The third-order valence-corrected chi connectivity index (χ3v) is 16.2. The number of fused-ring (bicyclic) bond motifs is 4. The molecule has 22 heteroatoms. The Hall–Kier alpha value is -8.00. The number of nitrogens with one attached hydrogen (secondary N) is 2. The Morgan fingerprint density at radius 3 is 2.34 bits per heavy atom. The molecule has 4 aliphatic heterocycles. The fraction of sp³-hybridized carbons (Fsp3) is 0.400. The van der Waals surface area contributed by atoms with Crippen molar-refractivity contribution >= 4 is 39.3 Å². The number of aliphatic hydroxyl groups excluding tert-OH is 1. The predicted molar refractivity (Wildman–Crippen MR) is 291 cm³/mol. The molecule has 4 N–H and O–H groups in total. The molecule has 0 radical (unpaired) electrons. The number of piperazine rings is 1. The highest BCUT2D eigenvalue weighted by atomic mass is 19.2. The van der Waals surface area contributed by atoms with Gasteiger partial charge in [0.2, 0.25) is 11.8 Å². The second kappa shape index (κ2) is 22.7. The van der Waals surface area contributed by atoms with Crippen molar-refractivity contribution in [1.82, 2.24) is 40.5 Å². The summed E-state index contributed by atoms with van der Waals surface area (Å²) in [5.74, 6) is -4.34. The number of aromatic hydroxyl groups is 1. The molecular formula is C60H59F6N9O7. The van der Waals surface area contributed by atoms with Gasteiger partial charge in [-0.15, -0.1) is 6.42 Å². The fourth-order valence-corrected chi connectivity index (χ4v) is 11.9. The van der Waals surface area contributed by atoms with Crippen LogP contribution in [0.4, 0.5) is 32.2 Å². The molecule has 11 rings (SSSR count). The Morgan fingerprint density at radius 1 is 0.927 bits per heavy atom. The Balaban J connectivity index is 0.712. The number of halogens is 6. The molecule has 4 saturated heterocycles. The van der Waals surface area contributed by atoms with Gasteiger partial charge in [-0.3, -0.25) is 19.5 Å². The predicted octanol–water partition coefficient (Wildman–Crippen LogP) is 8.66. The minimum Gasteiger partial charge on any atom is -0.508 e. The van der Waals surface area contributed by atoms with Gasteiger partial charge in [0.25, 0.3) is 5.88 Å². The van der Waals surface area contributed by atoms with E-state index in [1.807, 2.05) is 4.90 Å². The van der Waals surface area contributed by atoms with Crippen LogP contribution >= 0.6 is 0 Å². The number of alkyl halides is 1. The number of piperidine rings is 1. The van der Waals surface area contributed by atoms with Crippen molar-refractivity contribution in [3.63, 3.8) is 0 Å². The van der Waals surface area contributed by atoms with Crippen LogP contribution in [0, 0.1) is 47.3 Å². The molecule has 428 valence electrons. The van der Waals surface area contributed by atoms with Gasteiger partial charge in [-0.1, -0.05) is 50.1 Å². The Bertz CT molecular complexity index is 3600. The van der Waals surface area contributed by atoms with E-state index in [2.05, 4.69) is 36.6 Å². The average molecular weight is 1130 g/mol. The van der Waals surface area contributed by atoms with E-state index < -0.39 is 76.2 Å². The highest BCUT2D eigenvalue weighted by Crippen LogP contribution is 2.40. The van der Waals surface area contributed by atoms with Crippen LogP contribution in [-0.4, -0.2) is 134 Å². The summed E-state index contributed by atoms with van der Waals surface area (Å²) in [7, 11) is 0. The molecule has 6 atom stereocenters. The first-order valence-corrected chi connectivity index (χ1v) is 27.3.